The number of aromatic nitrogens is 4. The highest BCUT2D eigenvalue weighted by molar-refractivity contribution is 7.81. The Morgan fingerprint density at radius 2 is 1.89 bits per heavy atom. The number of halogens is 1. The summed E-state index contributed by atoms with van der Waals surface area (Å²) in [7, 11) is -3.64. The fourth-order valence-corrected chi connectivity index (χ4v) is 6.18. The van der Waals surface area contributed by atoms with Gasteiger partial charge in [-0.15, -0.1) is 0 Å². The summed E-state index contributed by atoms with van der Waals surface area (Å²) < 4.78 is 27.2. The number of hydrogen-bond acceptors (Lipinski definition) is 9. The Balaban J connectivity index is 1.77. The van der Waals surface area contributed by atoms with Crippen LogP contribution in [0.2, 0.25) is 5.02 Å². The molecule has 0 amide bonds. The van der Waals surface area contributed by atoms with Crippen LogP contribution in [0.4, 0.5) is 5.82 Å². The van der Waals surface area contributed by atoms with Gasteiger partial charge in [-0.1, -0.05) is 36.0 Å². The number of benzene rings is 1. The summed E-state index contributed by atoms with van der Waals surface area (Å²) in [5.74, 6) is -0.279. The molecule has 0 radical (unpaired) electrons. The largest absolute Gasteiger partial charge is 0.462 e. The van der Waals surface area contributed by atoms with Gasteiger partial charge in [-0.05, 0) is 46.8 Å². The Labute approximate surface area is 226 Å². The number of nitrogen functional groups attached to an aromatic ring is 1. The van der Waals surface area contributed by atoms with E-state index in [0.717, 1.165) is 0 Å². The van der Waals surface area contributed by atoms with Crippen LogP contribution >= 0.6 is 31.3 Å². The van der Waals surface area contributed by atoms with E-state index < -0.39 is 25.1 Å². The number of fused-ring (bicyclic) bond motifs is 1. The van der Waals surface area contributed by atoms with Crippen molar-refractivity contribution in [1.29, 1.82) is 0 Å². The highest BCUT2D eigenvalue weighted by Gasteiger charge is 2.38. The molecule has 0 unspecified atom stereocenters. The van der Waals surface area contributed by atoms with Crippen molar-refractivity contribution in [2.24, 2.45) is 0 Å². The first-order valence-electron chi connectivity index (χ1n) is 11.5. The lowest BCUT2D eigenvalue weighted by Gasteiger charge is -2.32. The molecule has 0 aliphatic rings. The van der Waals surface area contributed by atoms with E-state index in [4.69, 9.17) is 39.0 Å². The lowest BCUT2D eigenvalue weighted by Crippen LogP contribution is -2.49. The SMILES string of the molecule is CC(C)OC(=O)C(C)(C)N[P@](=O)(CO[C@H](C)Cn1cnc2c(N)ncnc21)NC(=S)c1ccc(Cl)cc1. The highest BCUT2D eigenvalue weighted by Crippen LogP contribution is 2.40. The van der Waals surface area contributed by atoms with Gasteiger partial charge in [0.15, 0.2) is 11.5 Å². The molecule has 3 rings (SSSR count). The fourth-order valence-electron chi connectivity index (χ4n) is 3.38. The van der Waals surface area contributed by atoms with Crippen LogP contribution in [-0.2, 0) is 25.4 Å². The van der Waals surface area contributed by atoms with Gasteiger partial charge in [0.2, 0.25) is 0 Å². The summed E-state index contributed by atoms with van der Waals surface area (Å²) in [6.07, 6.45) is 1.92. The zero-order chi connectivity index (χ0) is 27.4. The lowest BCUT2D eigenvalue weighted by molar-refractivity contribution is -0.153. The number of nitrogens with two attached hydrogens (primary N) is 1. The molecular weight excluding hydrogens is 537 g/mol. The van der Waals surface area contributed by atoms with Gasteiger partial charge < -0.3 is 24.9 Å². The number of nitrogens with zero attached hydrogens (tertiary/aromatic N) is 4. The van der Waals surface area contributed by atoms with E-state index in [1.807, 2.05) is 6.92 Å². The Morgan fingerprint density at radius 3 is 2.54 bits per heavy atom. The van der Waals surface area contributed by atoms with Crippen LogP contribution in [0, 0.1) is 0 Å². The van der Waals surface area contributed by atoms with E-state index in [1.165, 1.54) is 6.33 Å². The molecule has 2 atom stereocenters. The molecule has 14 heteroatoms. The number of carbonyl (C=O) groups is 1. The molecule has 0 saturated heterocycles. The van der Waals surface area contributed by atoms with E-state index in [0.29, 0.717) is 28.3 Å². The van der Waals surface area contributed by atoms with Gasteiger partial charge in [-0.2, -0.15) is 0 Å². The minimum atomic E-state index is -3.64. The second-order valence-corrected chi connectivity index (χ2v) is 12.3. The van der Waals surface area contributed by atoms with Crippen LogP contribution in [0.1, 0.15) is 40.2 Å². The van der Waals surface area contributed by atoms with Gasteiger partial charge in [0.05, 0.1) is 25.1 Å². The third kappa shape index (κ3) is 7.68. The molecular formula is C23H31ClN7O4PS. The van der Waals surface area contributed by atoms with Crippen molar-refractivity contribution in [3.05, 3.63) is 47.5 Å². The van der Waals surface area contributed by atoms with Crippen LogP contribution in [-0.4, -0.2) is 54.6 Å². The highest BCUT2D eigenvalue weighted by atomic mass is 35.5. The van der Waals surface area contributed by atoms with Crippen molar-refractivity contribution < 1.29 is 18.8 Å². The number of rotatable bonds is 11. The quantitative estimate of drug-likeness (QED) is 0.176. The second kappa shape index (κ2) is 11.8. The average molecular weight is 568 g/mol. The van der Waals surface area contributed by atoms with E-state index >= 15 is 0 Å². The number of nitrogens with one attached hydrogen (secondary N) is 2. The third-order valence-corrected chi connectivity index (χ3v) is 7.88. The smallest absolute Gasteiger partial charge is 0.326 e. The number of esters is 1. The van der Waals surface area contributed by atoms with Gasteiger partial charge in [0.1, 0.15) is 28.7 Å². The Morgan fingerprint density at radius 1 is 1.22 bits per heavy atom. The van der Waals surface area contributed by atoms with Gasteiger partial charge in [0, 0.05) is 10.6 Å². The maximum atomic E-state index is 14.1. The predicted octanol–water partition coefficient (Wildman–Crippen LogP) is 3.90. The summed E-state index contributed by atoms with van der Waals surface area (Å²) >= 11 is 11.5. The standard InChI is InChI=1S/C23H31ClN7O4PS/c1-14(2)35-22(32)23(4,5)30-36(33,29-21(37)16-6-8-17(24)9-7-16)13-34-15(3)10-31-12-28-18-19(25)26-11-27-20(18)31/h6-9,11-12,14-15H,10,13H2,1-5H3,(H2,25,26,27)(H2,29,30,33,37)/t15-,36+/m1/s1. The van der Waals surface area contributed by atoms with Crippen LogP contribution in [0.3, 0.4) is 0 Å². The molecule has 2 heterocycles. The molecule has 2 aromatic heterocycles. The van der Waals surface area contributed by atoms with Crippen molar-refractivity contribution in [3.8, 4) is 0 Å². The fraction of sp³-hybridized carbons (Fsp3) is 0.435. The molecule has 3 aromatic rings. The molecule has 0 aliphatic carbocycles. The Bertz CT molecular complexity index is 1320. The van der Waals surface area contributed by atoms with Crippen LogP contribution < -0.4 is 15.9 Å². The average Bonchev–Trinajstić information content (AvgIpc) is 3.21. The number of anilines is 1. The normalized spacial score (nSPS) is 14.4. The minimum Gasteiger partial charge on any atom is -0.462 e. The zero-order valence-corrected chi connectivity index (χ0v) is 23.7. The van der Waals surface area contributed by atoms with Gasteiger partial charge >= 0.3 is 5.97 Å². The molecule has 0 bridgehead atoms. The van der Waals surface area contributed by atoms with Crippen molar-refractivity contribution in [3.63, 3.8) is 0 Å². The number of thiocarbonyl (C=S) groups is 1. The summed E-state index contributed by atoms with van der Waals surface area (Å²) in [6.45, 7) is 8.82. The second-order valence-electron chi connectivity index (χ2n) is 9.31. The molecule has 37 heavy (non-hydrogen) atoms. The minimum absolute atomic E-state index is 0.213. The summed E-state index contributed by atoms with van der Waals surface area (Å²) in [5.41, 5.74) is 6.22. The topological polar surface area (TPSA) is 146 Å². The van der Waals surface area contributed by atoms with Crippen LogP contribution in [0.25, 0.3) is 11.2 Å². The first-order valence-corrected chi connectivity index (χ1v) is 14.2. The van der Waals surface area contributed by atoms with Crippen molar-refractivity contribution in [2.45, 2.75) is 58.9 Å². The molecule has 1 aromatic carbocycles. The molecule has 200 valence electrons. The van der Waals surface area contributed by atoms with Crippen molar-refractivity contribution in [1.82, 2.24) is 29.7 Å². The van der Waals surface area contributed by atoms with E-state index in [-0.39, 0.29) is 23.3 Å². The monoisotopic (exact) mass is 567 g/mol. The molecule has 0 spiro atoms. The van der Waals surface area contributed by atoms with E-state index in [9.17, 15) is 9.36 Å². The Hall–Kier alpha value is -2.63. The zero-order valence-electron chi connectivity index (χ0n) is 21.3. The predicted molar refractivity (Wildman–Crippen MR) is 147 cm³/mol. The van der Waals surface area contributed by atoms with E-state index in [2.05, 4.69) is 25.1 Å². The van der Waals surface area contributed by atoms with Crippen LogP contribution in [0.15, 0.2) is 36.9 Å². The number of ether oxygens (including phenoxy) is 2. The summed E-state index contributed by atoms with van der Waals surface area (Å²) in [6, 6.07) is 6.78. The number of hydrogen-bond donors (Lipinski definition) is 3. The molecule has 0 fully saturated rings. The first kappa shape index (κ1) is 28.9. The maximum absolute atomic E-state index is 14.1. The van der Waals surface area contributed by atoms with Gasteiger partial charge in [-0.25, -0.2) is 20.0 Å². The first-order chi connectivity index (χ1) is 17.3. The number of imidazole rings is 1. The summed E-state index contributed by atoms with van der Waals surface area (Å²) in [5, 5.41) is 6.35. The maximum Gasteiger partial charge on any atom is 0.326 e. The van der Waals surface area contributed by atoms with Gasteiger partial charge in [0.25, 0.3) is 7.44 Å². The van der Waals surface area contributed by atoms with Crippen molar-refractivity contribution >= 4 is 59.2 Å². The molecule has 11 nitrogen and oxygen atoms in total. The van der Waals surface area contributed by atoms with Gasteiger partial charge in [-0.3, -0.25) is 9.36 Å². The lowest BCUT2D eigenvalue weighted by atomic mass is 10.1. The molecule has 0 aliphatic heterocycles. The molecule has 0 saturated carbocycles. The molecule has 4 N–H and O–H groups in total. The van der Waals surface area contributed by atoms with E-state index in [1.54, 1.807) is 62.9 Å². The number of carbonyl (C=O) groups excluding carboxylic acids is 1. The van der Waals surface area contributed by atoms with Crippen molar-refractivity contribution in [2.75, 3.05) is 12.1 Å². The summed E-state index contributed by atoms with van der Waals surface area (Å²) in [4.78, 5) is 25.3. The van der Waals surface area contributed by atoms with Crippen LogP contribution in [0.5, 0.6) is 0 Å². The Kier molecular flexibility index (Phi) is 9.25. The third-order valence-electron chi connectivity index (χ3n) is 5.13.